The number of guanidine groups is 1. The van der Waals surface area contributed by atoms with Crippen LogP contribution in [-0.4, -0.2) is 53.4 Å². The highest BCUT2D eigenvalue weighted by atomic mass is 127. The number of nitrogens with one attached hydrogen (secondary N) is 2. The first-order valence-electron chi connectivity index (χ1n) is 10.5. The van der Waals surface area contributed by atoms with E-state index in [1.807, 2.05) is 17.9 Å². The fourth-order valence-corrected chi connectivity index (χ4v) is 3.13. The lowest BCUT2D eigenvalue weighted by molar-refractivity contribution is 0.129. The minimum absolute atomic E-state index is 0. The molecule has 1 aromatic heterocycles. The quantitative estimate of drug-likeness (QED) is 0.301. The Morgan fingerprint density at radius 1 is 1.26 bits per heavy atom. The van der Waals surface area contributed by atoms with Gasteiger partial charge in [0.05, 0.1) is 18.8 Å². The summed E-state index contributed by atoms with van der Waals surface area (Å²) in [7, 11) is 6.09. The summed E-state index contributed by atoms with van der Waals surface area (Å²) in [6.07, 6.45) is 3.97. The van der Waals surface area contributed by atoms with E-state index in [9.17, 15) is 0 Å². The second-order valence-corrected chi connectivity index (χ2v) is 8.83. The minimum atomic E-state index is -0.252. The Morgan fingerprint density at radius 3 is 2.52 bits per heavy atom. The van der Waals surface area contributed by atoms with Gasteiger partial charge in [0.25, 0.3) is 0 Å². The van der Waals surface area contributed by atoms with E-state index >= 15 is 0 Å². The Labute approximate surface area is 204 Å². The molecule has 174 valence electrons. The summed E-state index contributed by atoms with van der Waals surface area (Å²) in [5, 5.41) is 11.1. The fraction of sp³-hybridized carbons (Fsp3) is 0.565. The number of likely N-dealkylation sites (N-methyl/N-ethyl adjacent to an activating group) is 1. The predicted octanol–water partition coefficient (Wildman–Crippen LogP) is 3.88. The second kappa shape index (κ2) is 12.3. The van der Waals surface area contributed by atoms with E-state index in [2.05, 4.69) is 93.7 Å². The summed E-state index contributed by atoms with van der Waals surface area (Å²) < 4.78 is 8.00. The van der Waals surface area contributed by atoms with Crippen LogP contribution in [0.2, 0.25) is 0 Å². The van der Waals surface area contributed by atoms with Gasteiger partial charge < -0.3 is 20.3 Å². The molecule has 1 atom stereocenters. The Hall–Kier alpha value is -1.81. The van der Waals surface area contributed by atoms with E-state index < -0.39 is 0 Å². The van der Waals surface area contributed by atoms with Crippen LogP contribution in [-0.2, 0) is 13.6 Å². The van der Waals surface area contributed by atoms with Crippen LogP contribution in [0.5, 0.6) is 5.75 Å². The number of aromatic nitrogens is 2. The monoisotopic (exact) mass is 542 g/mol. The lowest BCUT2D eigenvalue weighted by Crippen LogP contribution is -2.41. The van der Waals surface area contributed by atoms with Crippen molar-refractivity contribution in [1.82, 2.24) is 25.3 Å². The van der Waals surface area contributed by atoms with Gasteiger partial charge in [0.15, 0.2) is 5.96 Å². The average molecular weight is 543 g/mol. The number of nitrogens with zero attached hydrogens (tertiary/aromatic N) is 4. The molecule has 0 radical (unpaired) electrons. The molecule has 0 fully saturated rings. The summed E-state index contributed by atoms with van der Waals surface area (Å²) in [6, 6.07) is 6.48. The van der Waals surface area contributed by atoms with Gasteiger partial charge in [-0.3, -0.25) is 4.68 Å². The van der Waals surface area contributed by atoms with Gasteiger partial charge >= 0.3 is 0 Å². The van der Waals surface area contributed by atoms with Gasteiger partial charge in [-0.15, -0.1) is 24.0 Å². The predicted molar refractivity (Wildman–Crippen MR) is 139 cm³/mol. The number of aliphatic imine (C=N–C) groups is 1. The summed E-state index contributed by atoms with van der Waals surface area (Å²) >= 11 is 0. The number of benzene rings is 1. The van der Waals surface area contributed by atoms with E-state index in [4.69, 9.17) is 9.73 Å². The smallest absolute Gasteiger partial charge is 0.191 e. The van der Waals surface area contributed by atoms with Gasteiger partial charge in [-0.05, 0) is 60.3 Å². The fourth-order valence-electron chi connectivity index (χ4n) is 3.13. The molecule has 2 rings (SSSR count). The first kappa shape index (κ1) is 27.2. The molecule has 0 aliphatic heterocycles. The van der Waals surface area contributed by atoms with Crippen LogP contribution in [0.3, 0.4) is 0 Å². The van der Waals surface area contributed by atoms with E-state index in [0.717, 1.165) is 30.4 Å². The largest absolute Gasteiger partial charge is 0.488 e. The summed E-state index contributed by atoms with van der Waals surface area (Å²) in [6.45, 7) is 12.4. The van der Waals surface area contributed by atoms with Gasteiger partial charge in [-0.2, -0.15) is 5.10 Å². The number of halogens is 1. The first-order chi connectivity index (χ1) is 14.1. The van der Waals surface area contributed by atoms with Crippen molar-refractivity contribution >= 4 is 29.9 Å². The minimum Gasteiger partial charge on any atom is -0.488 e. The third-order valence-corrected chi connectivity index (χ3v) is 4.59. The maximum atomic E-state index is 6.17. The highest BCUT2D eigenvalue weighted by Crippen LogP contribution is 2.25. The molecular weight excluding hydrogens is 503 g/mol. The molecule has 0 amide bonds. The van der Waals surface area contributed by atoms with E-state index in [1.165, 1.54) is 11.1 Å². The Balaban J connectivity index is 0.00000480. The molecular formula is C23H39IN6O. The molecule has 8 heteroatoms. The van der Waals surface area contributed by atoms with Crippen LogP contribution in [0.25, 0.3) is 0 Å². The zero-order valence-corrected chi connectivity index (χ0v) is 22.5. The van der Waals surface area contributed by atoms with Crippen LogP contribution < -0.4 is 15.4 Å². The van der Waals surface area contributed by atoms with Crippen molar-refractivity contribution in [1.29, 1.82) is 0 Å². The number of rotatable bonds is 8. The standard InChI is InChI=1S/C23H38N6O.HI/c1-9-24-22(26-15-20(28(6)7)19-14-27-29(8)16-19)25-13-18-11-10-17(2)12-21(18)30-23(3,4)5;/h10-12,14,16,20H,9,13,15H2,1-8H3,(H2,24,25,26);1H. The molecule has 31 heavy (non-hydrogen) atoms. The third kappa shape index (κ3) is 9.06. The maximum absolute atomic E-state index is 6.17. The van der Waals surface area contributed by atoms with Crippen LogP contribution in [0, 0.1) is 6.92 Å². The number of aryl methyl sites for hydroxylation is 2. The zero-order valence-electron chi connectivity index (χ0n) is 20.2. The van der Waals surface area contributed by atoms with Crippen molar-refractivity contribution in [2.24, 2.45) is 12.0 Å². The number of hydrogen-bond donors (Lipinski definition) is 2. The van der Waals surface area contributed by atoms with Gasteiger partial charge in [0.1, 0.15) is 11.4 Å². The van der Waals surface area contributed by atoms with Crippen molar-refractivity contribution < 1.29 is 4.74 Å². The van der Waals surface area contributed by atoms with Crippen molar-refractivity contribution in [3.8, 4) is 5.75 Å². The molecule has 0 aliphatic carbocycles. The van der Waals surface area contributed by atoms with Crippen LogP contribution in [0.1, 0.15) is 50.4 Å². The lowest BCUT2D eigenvalue weighted by Gasteiger charge is -2.25. The highest BCUT2D eigenvalue weighted by Gasteiger charge is 2.17. The molecule has 7 nitrogen and oxygen atoms in total. The normalized spacial score (nSPS) is 13.0. The molecule has 1 unspecified atom stereocenters. The molecule has 0 bridgehead atoms. The van der Waals surface area contributed by atoms with Gasteiger partial charge in [-0.25, -0.2) is 4.99 Å². The van der Waals surface area contributed by atoms with Crippen molar-refractivity contribution in [2.75, 3.05) is 27.2 Å². The maximum Gasteiger partial charge on any atom is 0.191 e. The molecule has 0 saturated carbocycles. The van der Waals surface area contributed by atoms with Gasteiger partial charge in [0.2, 0.25) is 0 Å². The topological polar surface area (TPSA) is 66.7 Å². The SMILES string of the molecule is CCNC(=NCc1ccc(C)cc1OC(C)(C)C)NCC(c1cnn(C)c1)N(C)C.I. The zero-order chi connectivity index (χ0) is 22.3. The molecule has 2 aromatic rings. The van der Waals surface area contributed by atoms with Gasteiger partial charge in [0, 0.05) is 37.5 Å². The summed E-state index contributed by atoms with van der Waals surface area (Å²) in [5.74, 6) is 1.68. The molecule has 0 saturated heterocycles. The molecule has 0 spiro atoms. The molecule has 2 N–H and O–H groups in total. The second-order valence-electron chi connectivity index (χ2n) is 8.83. The lowest BCUT2D eigenvalue weighted by atomic mass is 10.1. The van der Waals surface area contributed by atoms with Crippen molar-refractivity contribution in [3.05, 3.63) is 47.3 Å². The third-order valence-electron chi connectivity index (χ3n) is 4.59. The van der Waals surface area contributed by atoms with Crippen molar-refractivity contribution in [3.63, 3.8) is 0 Å². The van der Waals surface area contributed by atoms with Crippen molar-refractivity contribution in [2.45, 2.75) is 52.8 Å². The Morgan fingerprint density at radius 2 is 1.97 bits per heavy atom. The number of hydrogen-bond acceptors (Lipinski definition) is 4. The molecule has 1 heterocycles. The Bertz CT molecular complexity index is 841. The van der Waals surface area contributed by atoms with Gasteiger partial charge in [-0.1, -0.05) is 12.1 Å². The molecule has 0 aliphatic rings. The van der Waals surface area contributed by atoms with Crippen LogP contribution in [0.15, 0.2) is 35.6 Å². The van der Waals surface area contributed by atoms with E-state index in [-0.39, 0.29) is 35.6 Å². The number of ether oxygens (including phenoxy) is 1. The van der Waals surface area contributed by atoms with Crippen LogP contribution in [0.4, 0.5) is 0 Å². The van der Waals surface area contributed by atoms with Crippen LogP contribution >= 0.6 is 24.0 Å². The average Bonchev–Trinajstić information content (AvgIpc) is 3.05. The first-order valence-corrected chi connectivity index (χ1v) is 10.5. The van der Waals surface area contributed by atoms with E-state index in [1.54, 1.807) is 0 Å². The highest BCUT2D eigenvalue weighted by molar-refractivity contribution is 14.0. The summed E-state index contributed by atoms with van der Waals surface area (Å²) in [4.78, 5) is 6.99. The molecule has 1 aromatic carbocycles. The van der Waals surface area contributed by atoms with E-state index in [0.29, 0.717) is 6.54 Å². The Kier molecular flexibility index (Phi) is 10.8. The summed E-state index contributed by atoms with van der Waals surface area (Å²) in [5.41, 5.74) is 3.17.